The van der Waals surface area contributed by atoms with Crippen molar-refractivity contribution < 1.29 is 4.79 Å². The number of nitrogens with one attached hydrogen (secondary N) is 1. The predicted octanol–water partition coefficient (Wildman–Crippen LogP) is 4.01. The van der Waals surface area contributed by atoms with Crippen LogP contribution >= 0.6 is 11.6 Å². The normalized spacial score (nSPS) is 24.6. The molecule has 0 heterocycles. The number of hydrogen-bond acceptors (Lipinski definition) is 1. The maximum atomic E-state index is 11.7. The van der Waals surface area contributed by atoms with Crippen LogP contribution in [0.5, 0.6) is 0 Å². The Balaban J connectivity index is 2.00. The van der Waals surface area contributed by atoms with Crippen molar-refractivity contribution in [3.63, 3.8) is 0 Å². The average Bonchev–Trinajstić information content (AvgIpc) is 2.32. The largest absolute Gasteiger partial charge is 0.353 e. The number of amides is 1. The van der Waals surface area contributed by atoms with Crippen LogP contribution in [0.1, 0.15) is 71.1 Å². The summed E-state index contributed by atoms with van der Waals surface area (Å²) in [6.45, 7) is 2.21. The SMILES string of the molecule is CCCCCCCC(=O)NC1CCC(Cl)CC1. The molecule has 1 saturated carbocycles. The number of carbonyl (C=O) groups is 1. The maximum Gasteiger partial charge on any atom is 0.220 e. The van der Waals surface area contributed by atoms with Crippen LogP contribution in [-0.2, 0) is 4.79 Å². The van der Waals surface area contributed by atoms with Gasteiger partial charge in [-0.15, -0.1) is 11.6 Å². The van der Waals surface area contributed by atoms with E-state index in [1.165, 1.54) is 25.7 Å². The molecule has 3 heteroatoms. The average molecular weight is 260 g/mol. The zero-order chi connectivity index (χ0) is 12.5. The maximum absolute atomic E-state index is 11.7. The van der Waals surface area contributed by atoms with Gasteiger partial charge in [0.25, 0.3) is 0 Å². The molecule has 0 atom stereocenters. The van der Waals surface area contributed by atoms with Crippen molar-refractivity contribution >= 4 is 17.5 Å². The van der Waals surface area contributed by atoms with E-state index in [9.17, 15) is 4.79 Å². The van der Waals surface area contributed by atoms with Crippen LogP contribution in [0.25, 0.3) is 0 Å². The lowest BCUT2D eigenvalue weighted by Gasteiger charge is -2.25. The second kappa shape index (κ2) is 8.79. The summed E-state index contributed by atoms with van der Waals surface area (Å²) >= 11 is 6.04. The molecule has 0 radical (unpaired) electrons. The van der Waals surface area contributed by atoms with E-state index in [2.05, 4.69) is 12.2 Å². The summed E-state index contributed by atoms with van der Waals surface area (Å²) in [7, 11) is 0. The molecule has 0 saturated heterocycles. The standard InChI is InChI=1S/C14H26ClNO/c1-2-3-4-5-6-7-14(17)16-13-10-8-12(15)9-11-13/h12-13H,2-11H2,1H3,(H,16,17). The molecule has 1 fully saturated rings. The molecular weight excluding hydrogens is 234 g/mol. The Labute approximate surface area is 110 Å². The molecule has 0 unspecified atom stereocenters. The molecule has 1 rings (SSSR count). The molecule has 100 valence electrons. The lowest BCUT2D eigenvalue weighted by molar-refractivity contribution is -0.122. The second-order valence-electron chi connectivity index (χ2n) is 5.18. The van der Waals surface area contributed by atoms with Crippen molar-refractivity contribution in [1.29, 1.82) is 0 Å². The summed E-state index contributed by atoms with van der Waals surface area (Å²) in [4.78, 5) is 11.7. The monoisotopic (exact) mass is 259 g/mol. The van der Waals surface area contributed by atoms with Crippen molar-refractivity contribution in [2.45, 2.75) is 82.6 Å². The van der Waals surface area contributed by atoms with Crippen molar-refractivity contribution in [2.24, 2.45) is 0 Å². The zero-order valence-electron chi connectivity index (χ0n) is 11.0. The van der Waals surface area contributed by atoms with Crippen molar-refractivity contribution in [2.75, 3.05) is 0 Å². The molecule has 1 aliphatic rings. The minimum atomic E-state index is 0.236. The van der Waals surface area contributed by atoms with Crippen molar-refractivity contribution in [1.82, 2.24) is 5.32 Å². The summed E-state index contributed by atoms with van der Waals surface area (Å²) in [5.74, 6) is 0.236. The Morgan fingerprint density at radius 1 is 1.12 bits per heavy atom. The minimum absolute atomic E-state index is 0.236. The Kier molecular flexibility index (Phi) is 7.67. The fourth-order valence-corrected chi connectivity index (χ4v) is 2.64. The highest BCUT2D eigenvalue weighted by atomic mass is 35.5. The highest BCUT2D eigenvalue weighted by Gasteiger charge is 2.20. The van der Waals surface area contributed by atoms with Gasteiger partial charge in [-0.1, -0.05) is 32.6 Å². The quantitative estimate of drug-likeness (QED) is 0.543. The molecule has 0 bridgehead atoms. The zero-order valence-corrected chi connectivity index (χ0v) is 11.8. The molecule has 1 aliphatic carbocycles. The van der Waals surface area contributed by atoms with Gasteiger partial charge in [0.2, 0.25) is 5.91 Å². The number of rotatable bonds is 7. The van der Waals surface area contributed by atoms with Gasteiger partial charge in [-0.25, -0.2) is 0 Å². The summed E-state index contributed by atoms with van der Waals surface area (Å²) in [6.07, 6.45) is 10.9. The third kappa shape index (κ3) is 6.92. The van der Waals surface area contributed by atoms with Crippen molar-refractivity contribution in [3.05, 3.63) is 0 Å². The summed E-state index contributed by atoms with van der Waals surface area (Å²) in [6, 6.07) is 0.383. The van der Waals surface area contributed by atoms with E-state index >= 15 is 0 Å². The number of alkyl halides is 1. The Bertz CT molecular complexity index is 212. The summed E-state index contributed by atoms with van der Waals surface area (Å²) in [5.41, 5.74) is 0. The van der Waals surface area contributed by atoms with Gasteiger partial charge in [-0.2, -0.15) is 0 Å². The molecule has 1 N–H and O–H groups in total. The van der Waals surface area contributed by atoms with Gasteiger partial charge >= 0.3 is 0 Å². The van der Waals surface area contributed by atoms with E-state index < -0.39 is 0 Å². The molecule has 0 aromatic heterocycles. The van der Waals surface area contributed by atoms with Crippen LogP contribution in [0.4, 0.5) is 0 Å². The lowest BCUT2D eigenvalue weighted by atomic mass is 9.95. The molecule has 17 heavy (non-hydrogen) atoms. The van der Waals surface area contributed by atoms with Gasteiger partial charge in [-0.3, -0.25) is 4.79 Å². The van der Waals surface area contributed by atoms with Crippen molar-refractivity contribution in [3.8, 4) is 0 Å². The number of hydrogen-bond donors (Lipinski definition) is 1. The van der Waals surface area contributed by atoms with Gasteiger partial charge in [0, 0.05) is 17.8 Å². The molecule has 1 amide bonds. The van der Waals surface area contributed by atoms with Gasteiger partial charge in [-0.05, 0) is 32.1 Å². The number of unbranched alkanes of at least 4 members (excludes halogenated alkanes) is 4. The van der Waals surface area contributed by atoms with Crippen LogP contribution in [-0.4, -0.2) is 17.3 Å². The van der Waals surface area contributed by atoms with E-state index in [-0.39, 0.29) is 5.91 Å². The molecule has 0 aromatic rings. The Hall–Kier alpha value is -0.240. The van der Waals surface area contributed by atoms with Gasteiger partial charge in [0.15, 0.2) is 0 Å². The van der Waals surface area contributed by atoms with E-state index in [0.717, 1.165) is 32.1 Å². The first kappa shape index (κ1) is 14.8. The van der Waals surface area contributed by atoms with Crippen LogP contribution < -0.4 is 5.32 Å². The summed E-state index contributed by atoms with van der Waals surface area (Å²) in [5, 5.41) is 3.46. The smallest absolute Gasteiger partial charge is 0.220 e. The second-order valence-corrected chi connectivity index (χ2v) is 5.80. The molecule has 0 aliphatic heterocycles. The van der Waals surface area contributed by atoms with E-state index in [1.54, 1.807) is 0 Å². The first-order valence-electron chi connectivity index (χ1n) is 7.15. The van der Waals surface area contributed by atoms with Crippen LogP contribution in [0.2, 0.25) is 0 Å². The van der Waals surface area contributed by atoms with Gasteiger partial charge in [0.1, 0.15) is 0 Å². The highest BCUT2D eigenvalue weighted by molar-refractivity contribution is 6.20. The predicted molar refractivity (Wildman–Crippen MR) is 73.4 cm³/mol. The Morgan fingerprint density at radius 2 is 1.76 bits per heavy atom. The Morgan fingerprint density at radius 3 is 2.41 bits per heavy atom. The van der Waals surface area contributed by atoms with Crippen LogP contribution in [0.3, 0.4) is 0 Å². The van der Waals surface area contributed by atoms with E-state index in [1.807, 2.05) is 0 Å². The molecule has 0 spiro atoms. The fourth-order valence-electron chi connectivity index (χ4n) is 2.39. The first-order valence-corrected chi connectivity index (χ1v) is 7.59. The van der Waals surface area contributed by atoms with Gasteiger partial charge in [0.05, 0.1) is 0 Å². The third-order valence-electron chi connectivity index (χ3n) is 3.53. The molecular formula is C14H26ClNO. The number of halogens is 1. The molecule has 2 nitrogen and oxygen atoms in total. The highest BCUT2D eigenvalue weighted by Crippen LogP contribution is 2.22. The van der Waals surface area contributed by atoms with Crippen LogP contribution in [0, 0.1) is 0 Å². The van der Waals surface area contributed by atoms with Gasteiger partial charge < -0.3 is 5.32 Å². The van der Waals surface area contributed by atoms with Crippen LogP contribution in [0.15, 0.2) is 0 Å². The van der Waals surface area contributed by atoms with E-state index in [0.29, 0.717) is 17.8 Å². The molecule has 0 aromatic carbocycles. The summed E-state index contributed by atoms with van der Waals surface area (Å²) < 4.78 is 0. The van der Waals surface area contributed by atoms with E-state index in [4.69, 9.17) is 11.6 Å². The third-order valence-corrected chi connectivity index (χ3v) is 3.97. The lowest BCUT2D eigenvalue weighted by Crippen LogP contribution is -2.37. The fraction of sp³-hybridized carbons (Fsp3) is 0.929. The first-order chi connectivity index (χ1) is 8.22. The number of carbonyl (C=O) groups excluding carboxylic acids is 1. The minimum Gasteiger partial charge on any atom is -0.353 e. The topological polar surface area (TPSA) is 29.1 Å².